The summed E-state index contributed by atoms with van der Waals surface area (Å²) in [4.78, 5) is 17.6. The first-order chi connectivity index (χ1) is 14.2. The molecule has 1 N–H and O–H groups in total. The summed E-state index contributed by atoms with van der Waals surface area (Å²) in [5, 5.41) is 3.09. The Bertz CT molecular complexity index is 780. The monoisotopic (exact) mass is 393 g/mol. The van der Waals surface area contributed by atoms with Crippen molar-refractivity contribution in [3.63, 3.8) is 0 Å². The number of piperidine rings is 1. The number of anilines is 1. The van der Waals surface area contributed by atoms with Gasteiger partial charge in [-0.05, 0) is 49.6 Å². The summed E-state index contributed by atoms with van der Waals surface area (Å²) < 4.78 is 5.48. The molecule has 1 amide bonds. The van der Waals surface area contributed by atoms with Crippen molar-refractivity contribution in [1.82, 2.24) is 10.2 Å². The molecule has 2 aliphatic heterocycles. The van der Waals surface area contributed by atoms with Gasteiger partial charge in [-0.25, -0.2) is 0 Å². The Kier molecular flexibility index (Phi) is 6.47. The number of benzene rings is 2. The summed E-state index contributed by atoms with van der Waals surface area (Å²) in [5.41, 5.74) is 3.03. The van der Waals surface area contributed by atoms with E-state index in [1.54, 1.807) is 0 Å². The zero-order chi connectivity index (χ0) is 20.1. The predicted octanol–water partition coefficient (Wildman–Crippen LogP) is 3.48. The Balaban J connectivity index is 1.30. The Morgan fingerprint density at radius 2 is 1.62 bits per heavy atom. The average molecular weight is 394 g/mol. The lowest BCUT2D eigenvalue weighted by atomic mass is 10.0. The number of nitrogens with zero attached hydrogens (tertiary/aromatic N) is 2. The lowest BCUT2D eigenvalue weighted by Gasteiger charge is -2.40. The van der Waals surface area contributed by atoms with Crippen LogP contribution in [0.5, 0.6) is 0 Å². The van der Waals surface area contributed by atoms with Crippen molar-refractivity contribution in [2.24, 2.45) is 0 Å². The van der Waals surface area contributed by atoms with Crippen LogP contribution in [-0.4, -0.2) is 56.2 Å². The van der Waals surface area contributed by atoms with Crippen molar-refractivity contribution in [3.05, 3.63) is 65.7 Å². The summed E-state index contributed by atoms with van der Waals surface area (Å²) in [6.45, 7) is 8.02. The summed E-state index contributed by atoms with van der Waals surface area (Å²) in [6.07, 6.45) is 2.38. The van der Waals surface area contributed by atoms with E-state index < -0.39 is 0 Å². The van der Waals surface area contributed by atoms with Crippen LogP contribution in [0.2, 0.25) is 0 Å². The lowest BCUT2D eigenvalue weighted by molar-refractivity contribution is 0.0115. The second-order valence-electron chi connectivity index (χ2n) is 8.02. The fraction of sp³-hybridized carbons (Fsp3) is 0.458. The highest BCUT2D eigenvalue weighted by atomic mass is 16.5. The molecule has 0 spiro atoms. The average Bonchev–Trinajstić information content (AvgIpc) is 2.80. The Morgan fingerprint density at radius 1 is 0.966 bits per heavy atom. The fourth-order valence-corrected chi connectivity index (χ4v) is 4.36. The Labute approximate surface area is 173 Å². The van der Waals surface area contributed by atoms with Gasteiger partial charge in [0.1, 0.15) is 0 Å². The standard InChI is InChI=1S/C24H31N3O2/c1-19(20-5-3-2-4-6-20)25-24(28)21-7-9-22(10-8-21)26-13-11-23(12-14-26)27-15-17-29-18-16-27/h2-10,19,23H,11-18H2,1H3,(H,25,28)/t19-/m0/s1. The molecule has 0 aliphatic carbocycles. The van der Waals surface area contributed by atoms with Gasteiger partial charge in [0.15, 0.2) is 0 Å². The van der Waals surface area contributed by atoms with Crippen molar-refractivity contribution in [2.75, 3.05) is 44.3 Å². The molecule has 2 aliphatic rings. The number of carbonyl (C=O) groups excluding carboxylic acids is 1. The number of rotatable bonds is 5. The molecule has 2 fully saturated rings. The van der Waals surface area contributed by atoms with Crippen LogP contribution in [0.25, 0.3) is 0 Å². The van der Waals surface area contributed by atoms with Gasteiger partial charge < -0.3 is 15.0 Å². The number of hydrogen-bond donors (Lipinski definition) is 1. The third kappa shape index (κ3) is 4.98. The molecule has 2 aromatic carbocycles. The molecule has 0 radical (unpaired) electrons. The van der Waals surface area contributed by atoms with Crippen molar-refractivity contribution in [2.45, 2.75) is 31.8 Å². The maximum absolute atomic E-state index is 12.6. The van der Waals surface area contributed by atoms with E-state index in [1.165, 1.54) is 18.5 Å². The van der Waals surface area contributed by atoms with Gasteiger partial charge in [-0.15, -0.1) is 0 Å². The van der Waals surface area contributed by atoms with Crippen molar-refractivity contribution < 1.29 is 9.53 Å². The second-order valence-corrected chi connectivity index (χ2v) is 8.02. The van der Waals surface area contributed by atoms with E-state index in [1.807, 2.05) is 49.4 Å². The number of ether oxygens (including phenoxy) is 1. The van der Waals surface area contributed by atoms with Gasteiger partial charge in [0, 0.05) is 43.5 Å². The highest BCUT2D eigenvalue weighted by Gasteiger charge is 2.26. The molecular formula is C24H31N3O2. The van der Waals surface area contributed by atoms with Gasteiger partial charge >= 0.3 is 0 Å². The van der Waals surface area contributed by atoms with Crippen LogP contribution in [0, 0.1) is 0 Å². The maximum atomic E-state index is 12.6. The molecule has 2 saturated heterocycles. The SMILES string of the molecule is C[C@H](NC(=O)c1ccc(N2CCC(N3CCOCC3)CC2)cc1)c1ccccc1. The molecule has 1 atom stereocenters. The number of amides is 1. The third-order valence-corrected chi connectivity index (χ3v) is 6.17. The van der Waals surface area contributed by atoms with E-state index in [2.05, 4.69) is 27.2 Å². The minimum Gasteiger partial charge on any atom is -0.379 e. The van der Waals surface area contributed by atoms with E-state index >= 15 is 0 Å². The first-order valence-corrected chi connectivity index (χ1v) is 10.7. The second kappa shape index (κ2) is 9.42. The first-order valence-electron chi connectivity index (χ1n) is 10.7. The van der Waals surface area contributed by atoms with Crippen LogP contribution >= 0.6 is 0 Å². The minimum absolute atomic E-state index is 0.0115. The lowest BCUT2D eigenvalue weighted by Crippen LogP contribution is -2.49. The Hall–Kier alpha value is -2.37. The number of morpholine rings is 1. The molecule has 2 heterocycles. The van der Waals surface area contributed by atoms with E-state index in [-0.39, 0.29) is 11.9 Å². The van der Waals surface area contributed by atoms with Crippen LogP contribution in [0.1, 0.15) is 41.7 Å². The van der Waals surface area contributed by atoms with Crippen molar-refractivity contribution in [3.8, 4) is 0 Å². The van der Waals surface area contributed by atoms with Crippen molar-refractivity contribution in [1.29, 1.82) is 0 Å². The van der Waals surface area contributed by atoms with Gasteiger partial charge in [0.05, 0.1) is 19.3 Å². The predicted molar refractivity (Wildman–Crippen MR) is 116 cm³/mol. The van der Waals surface area contributed by atoms with Crippen LogP contribution in [0.3, 0.4) is 0 Å². The molecule has 5 heteroatoms. The summed E-state index contributed by atoms with van der Waals surface area (Å²) in [7, 11) is 0. The zero-order valence-corrected chi connectivity index (χ0v) is 17.2. The molecule has 4 rings (SSSR count). The normalized spacial score (nSPS) is 19.7. The fourth-order valence-electron chi connectivity index (χ4n) is 4.36. The van der Waals surface area contributed by atoms with Crippen molar-refractivity contribution >= 4 is 11.6 Å². The smallest absolute Gasteiger partial charge is 0.251 e. The Morgan fingerprint density at radius 3 is 2.28 bits per heavy atom. The highest BCUT2D eigenvalue weighted by Crippen LogP contribution is 2.24. The van der Waals surface area contributed by atoms with E-state index in [9.17, 15) is 4.79 Å². The molecule has 2 aromatic rings. The van der Waals surface area contributed by atoms with Gasteiger partial charge in [-0.2, -0.15) is 0 Å². The number of hydrogen-bond acceptors (Lipinski definition) is 4. The molecule has 0 unspecified atom stereocenters. The third-order valence-electron chi connectivity index (χ3n) is 6.17. The van der Waals surface area contributed by atoms with Gasteiger partial charge in [-0.1, -0.05) is 30.3 Å². The van der Waals surface area contributed by atoms with E-state index in [0.29, 0.717) is 11.6 Å². The summed E-state index contributed by atoms with van der Waals surface area (Å²) in [6, 6.07) is 18.8. The molecule has 0 aromatic heterocycles. The van der Waals surface area contributed by atoms with E-state index in [0.717, 1.165) is 45.0 Å². The largest absolute Gasteiger partial charge is 0.379 e. The maximum Gasteiger partial charge on any atom is 0.251 e. The van der Waals surface area contributed by atoms with Gasteiger partial charge in [0.25, 0.3) is 5.91 Å². The molecule has 29 heavy (non-hydrogen) atoms. The summed E-state index contributed by atoms with van der Waals surface area (Å²) >= 11 is 0. The zero-order valence-electron chi connectivity index (χ0n) is 17.2. The molecule has 154 valence electrons. The number of carbonyl (C=O) groups is 1. The van der Waals surface area contributed by atoms with Crippen LogP contribution < -0.4 is 10.2 Å². The van der Waals surface area contributed by atoms with Gasteiger partial charge in [0.2, 0.25) is 0 Å². The molecule has 0 bridgehead atoms. The molecule has 0 saturated carbocycles. The quantitative estimate of drug-likeness (QED) is 0.845. The topological polar surface area (TPSA) is 44.8 Å². The van der Waals surface area contributed by atoms with Crippen LogP contribution in [0.15, 0.2) is 54.6 Å². The first kappa shape index (κ1) is 19.9. The molecular weight excluding hydrogens is 362 g/mol. The summed E-state index contributed by atoms with van der Waals surface area (Å²) in [5.74, 6) is -0.0288. The van der Waals surface area contributed by atoms with Crippen LogP contribution in [0.4, 0.5) is 5.69 Å². The highest BCUT2D eigenvalue weighted by molar-refractivity contribution is 5.94. The minimum atomic E-state index is -0.0288. The van der Waals surface area contributed by atoms with Crippen LogP contribution in [-0.2, 0) is 4.74 Å². The van der Waals surface area contributed by atoms with Gasteiger partial charge in [-0.3, -0.25) is 9.69 Å². The number of nitrogens with one attached hydrogen (secondary N) is 1. The van der Waals surface area contributed by atoms with E-state index in [4.69, 9.17) is 4.74 Å². The molecule has 5 nitrogen and oxygen atoms in total.